The topological polar surface area (TPSA) is 58.6 Å². The lowest BCUT2D eigenvalue weighted by molar-refractivity contribution is -0.126. The molecule has 25 heavy (non-hydrogen) atoms. The molecule has 0 saturated carbocycles. The Bertz CT molecular complexity index is 788. The van der Waals surface area contributed by atoms with Gasteiger partial charge in [0, 0.05) is 18.5 Å². The fraction of sp³-hybridized carbons (Fsp3) is 0.300. The monoisotopic (exact) mass is 338 g/mol. The zero-order valence-electron chi connectivity index (χ0n) is 14.5. The highest BCUT2D eigenvalue weighted by Gasteiger charge is 2.35. The Morgan fingerprint density at radius 1 is 1.16 bits per heavy atom. The van der Waals surface area contributed by atoms with E-state index in [-0.39, 0.29) is 18.4 Å². The molecule has 2 amide bonds. The number of nitrogens with one attached hydrogen (secondary N) is 1. The summed E-state index contributed by atoms with van der Waals surface area (Å²) >= 11 is 0. The largest absolute Gasteiger partial charge is 0.375 e. The summed E-state index contributed by atoms with van der Waals surface area (Å²) in [7, 11) is 1.48. The van der Waals surface area contributed by atoms with Gasteiger partial charge in [0.05, 0.1) is 0 Å². The number of aryl methyl sites for hydroxylation is 2. The molecule has 2 aromatic carbocycles. The van der Waals surface area contributed by atoms with Crippen molar-refractivity contribution < 1.29 is 14.3 Å². The number of para-hydroxylation sites is 2. The average Bonchev–Trinajstić information content (AvgIpc) is 2.62. The number of ether oxygens (including phenoxy) is 1. The molecular formula is C20H22N2O3. The molecule has 0 spiro atoms. The molecule has 1 unspecified atom stereocenters. The Hall–Kier alpha value is -2.66. The van der Waals surface area contributed by atoms with E-state index in [1.165, 1.54) is 7.11 Å². The highest BCUT2D eigenvalue weighted by atomic mass is 16.5. The maximum Gasteiger partial charge on any atom is 0.253 e. The van der Waals surface area contributed by atoms with Gasteiger partial charge in [-0.15, -0.1) is 0 Å². The fourth-order valence-corrected chi connectivity index (χ4v) is 3.23. The molecule has 0 radical (unpaired) electrons. The molecule has 1 atom stereocenters. The van der Waals surface area contributed by atoms with E-state index in [1.54, 1.807) is 4.90 Å². The van der Waals surface area contributed by atoms with Gasteiger partial charge in [0.2, 0.25) is 5.91 Å². The number of carbonyl (C=O) groups excluding carboxylic acids is 2. The summed E-state index contributed by atoms with van der Waals surface area (Å²) in [6.45, 7) is 1.89. The first-order chi connectivity index (χ1) is 12.1. The van der Waals surface area contributed by atoms with Crippen molar-refractivity contribution in [3.8, 4) is 0 Å². The zero-order valence-corrected chi connectivity index (χ0v) is 14.5. The molecule has 3 rings (SSSR count). The second kappa shape index (κ2) is 7.49. The van der Waals surface area contributed by atoms with Crippen molar-refractivity contribution in [3.05, 3.63) is 59.7 Å². The molecular weight excluding hydrogens is 316 g/mol. The maximum atomic E-state index is 12.9. The number of hydrogen-bond acceptors (Lipinski definition) is 3. The van der Waals surface area contributed by atoms with Crippen LogP contribution in [0.15, 0.2) is 48.5 Å². The van der Waals surface area contributed by atoms with Gasteiger partial charge in [0.1, 0.15) is 12.6 Å². The third-order valence-electron chi connectivity index (χ3n) is 4.49. The zero-order chi connectivity index (χ0) is 17.8. The van der Waals surface area contributed by atoms with Gasteiger partial charge in [0.15, 0.2) is 0 Å². The van der Waals surface area contributed by atoms with Gasteiger partial charge in [-0.2, -0.15) is 0 Å². The van der Waals surface area contributed by atoms with Crippen molar-refractivity contribution in [2.45, 2.75) is 25.8 Å². The quantitative estimate of drug-likeness (QED) is 0.932. The summed E-state index contributed by atoms with van der Waals surface area (Å²) in [5.41, 5.74) is 3.62. The van der Waals surface area contributed by atoms with Gasteiger partial charge in [-0.3, -0.25) is 14.5 Å². The number of carbonyl (C=O) groups is 2. The van der Waals surface area contributed by atoms with Crippen LogP contribution in [-0.4, -0.2) is 31.6 Å². The SMILES string of the molecule is COCC(=O)N1c2ccccc2CCC1C(=O)Nc1ccccc1C. The minimum Gasteiger partial charge on any atom is -0.375 e. The molecule has 0 fully saturated rings. The Labute approximate surface area is 147 Å². The first kappa shape index (κ1) is 17.2. The lowest BCUT2D eigenvalue weighted by Gasteiger charge is -2.36. The second-order valence-electron chi connectivity index (χ2n) is 6.18. The van der Waals surface area contributed by atoms with Crippen LogP contribution in [0.25, 0.3) is 0 Å². The first-order valence-electron chi connectivity index (χ1n) is 8.37. The predicted octanol–water partition coefficient (Wildman–Crippen LogP) is 2.93. The third kappa shape index (κ3) is 3.56. The van der Waals surface area contributed by atoms with Crippen LogP contribution in [0.4, 0.5) is 11.4 Å². The molecule has 2 aromatic rings. The number of methoxy groups -OCH3 is 1. The van der Waals surface area contributed by atoms with Gasteiger partial charge >= 0.3 is 0 Å². The molecule has 1 aliphatic rings. The lowest BCUT2D eigenvalue weighted by atomic mass is 9.95. The van der Waals surface area contributed by atoms with E-state index in [9.17, 15) is 9.59 Å². The average molecular weight is 338 g/mol. The van der Waals surface area contributed by atoms with Crippen LogP contribution < -0.4 is 10.2 Å². The minimum absolute atomic E-state index is 0.0531. The summed E-state index contributed by atoms with van der Waals surface area (Å²) in [5.74, 6) is -0.382. The number of nitrogens with zero attached hydrogens (tertiary/aromatic N) is 1. The van der Waals surface area contributed by atoms with E-state index < -0.39 is 6.04 Å². The summed E-state index contributed by atoms with van der Waals surface area (Å²) in [5, 5.41) is 2.96. The number of hydrogen-bond donors (Lipinski definition) is 1. The molecule has 0 saturated heterocycles. The second-order valence-corrected chi connectivity index (χ2v) is 6.18. The molecule has 5 nitrogen and oxygen atoms in total. The van der Waals surface area contributed by atoms with E-state index in [2.05, 4.69) is 5.32 Å². The molecule has 0 aliphatic carbocycles. The van der Waals surface area contributed by atoms with Crippen LogP contribution in [-0.2, 0) is 20.7 Å². The Kier molecular flexibility index (Phi) is 5.14. The van der Waals surface area contributed by atoms with Gasteiger partial charge in [-0.25, -0.2) is 0 Å². The van der Waals surface area contributed by atoms with Gasteiger partial charge in [-0.1, -0.05) is 36.4 Å². The smallest absolute Gasteiger partial charge is 0.253 e. The molecule has 1 heterocycles. The van der Waals surface area contributed by atoms with E-state index in [0.29, 0.717) is 6.42 Å². The Balaban J connectivity index is 1.90. The normalized spacial score (nSPS) is 16.2. The number of amides is 2. The third-order valence-corrected chi connectivity index (χ3v) is 4.49. The molecule has 130 valence electrons. The summed E-state index contributed by atoms with van der Waals surface area (Å²) in [4.78, 5) is 27.1. The van der Waals surface area contributed by atoms with Gasteiger partial charge in [0.25, 0.3) is 5.91 Å². The van der Waals surface area contributed by atoms with Crippen LogP contribution in [0.3, 0.4) is 0 Å². The van der Waals surface area contributed by atoms with Crippen molar-refractivity contribution in [2.24, 2.45) is 0 Å². The van der Waals surface area contributed by atoms with Crippen molar-refractivity contribution in [3.63, 3.8) is 0 Å². The van der Waals surface area contributed by atoms with E-state index in [0.717, 1.165) is 28.9 Å². The minimum atomic E-state index is -0.544. The van der Waals surface area contributed by atoms with Crippen molar-refractivity contribution in [2.75, 3.05) is 23.9 Å². The predicted molar refractivity (Wildman–Crippen MR) is 97.7 cm³/mol. The van der Waals surface area contributed by atoms with Crippen LogP contribution in [0.5, 0.6) is 0 Å². The maximum absolute atomic E-state index is 12.9. The van der Waals surface area contributed by atoms with E-state index >= 15 is 0 Å². The summed E-state index contributed by atoms with van der Waals surface area (Å²) < 4.78 is 5.01. The molecule has 0 aromatic heterocycles. The number of benzene rings is 2. The van der Waals surface area contributed by atoms with Gasteiger partial charge in [-0.05, 0) is 43.0 Å². The molecule has 5 heteroatoms. The van der Waals surface area contributed by atoms with E-state index in [4.69, 9.17) is 4.74 Å². The lowest BCUT2D eigenvalue weighted by Crippen LogP contribution is -2.51. The molecule has 1 N–H and O–H groups in total. The number of fused-ring (bicyclic) bond motifs is 1. The van der Waals surface area contributed by atoms with Crippen molar-refractivity contribution in [1.82, 2.24) is 0 Å². The fourth-order valence-electron chi connectivity index (χ4n) is 3.23. The van der Waals surface area contributed by atoms with Crippen LogP contribution >= 0.6 is 0 Å². The van der Waals surface area contributed by atoms with E-state index in [1.807, 2.05) is 55.5 Å². The van der Waals surface area contributed by atoms with Crippen LogP contribution in [0.2, 0.25) is 0 Å². The van der Waals surface area contributed by atoms with Crippen LogP contribution in [0.1, 0.15) is 17.5 Å². The highest BCUT2D eigenvalue weighted by Crippen LogP contribution is 2.31. The molecule has 1 aliphatic heterocycles. The Morgan fingerprint density at radius 2 is 1.88 bits per heavy atom. The standard InChI is InChI=1S/C20H22N2O3/c1-14-7-3-5-9-16(14)21-20(24)18-12-11-15-8-4-6-10-17(15)22(18)19(23)13-25-2/h3-10,18H,11-13H2,1-2H3,(H,21,24). The number of rotatable bonds is 4. The Morgan fingerprint density at radius 3 is 2.64 bits per heavy atom. The van der Waals surface area contributed by atoms with Gasteiger partial charge < -0.3 is 10.1 Å². The van der Waals surface area contributed by atoms with Crippen molar-refractivity contribution >= 4 is 23.2 Å². The van der Waals surface area contributed by atoms with Crippen LogP contribution in [0, 0.1) is 6.92 Å². The van der Waals surface area contributed by atoms with Crippen molar-refractivity contribution in [1.29, 1.82) is 0 Å². The highest BCUT2D eigenvalue weighted by molar-refractivity contribution is 6.06. The first-order valence-corrected chi connectivity index (χ1v) is 8.37. The molecule has 0 bridgehead atoms. The summed E-state index contributed by atoms with van der Waals surface area (Å²) in [6.07, 6.45) is 1.35. The summed E-state index contributed by atoms with van der Waals surface area (Å²) in [6, 6.07) is 14.8. The number of anilines is 2.